The van der Waals surface area contributed by atoms with Gasteiger partial charge in [-0.05, 0) is 31.4 Å². The summed E-state index contributed by atoms with van der Waals surface area (Å²) in [7, 11) is 0. The highest BCUT2D eigenvalue weighted by Crippen LogP contribution is 2.36. The third-order valence-electron chi connectivity index (χ3n) is 4.11. The van der Waals surface area contributed by atoms with E-state index < -0.39 is 0 Å². The highest BCUT2D eigenvalue weighted by molar-refractivity contribution is 8.00. The maximum Gasteiger partial charge on any atom is 0.230 e. The molecule has 0 bridgehead atoms. The molecule has 4 heteroatoms. The molecule has 2 N–H and O–H groups in total. The Labute approximate surface area is 125 Å². The minimum absolute atomic E-state index is 0.0537. The Morgan fingerprint density at radius 1 is 1.35 bits per heavy atom. The highest BCUT2D eigenvalue weighted by Gasteiger charge is 2.33. The second-order valence-electron chi connectivity index (χ2n) is 5.70. The molecular weight excluding hydrogens is 270 g/mol. The van der Waals surface area contributed by atoms with Crippen molar-refractivity contribution >= 4 is 17.7 Å². The van der Waals surface area contributed by atoms with Gasteiger partial charge in [-0.25, -0.2) is 0 Å². The number of amides is 1. The van der Waals surface area contributed by atoms with Crippen molar-refractivity contribution in [2.45, 2.75) is 37.5 Å². The van der Waals surface area contributed by atoms with Gasteiger partial charge >= 0.3 is 0 Å². The summed E-state index contributed by atoms with van der Waals surface area (Å²) in [6.07, 6.45) is 4.37. The number of aryl methyl sites for hydroxylation is 1. The first-order valence-corrected chi connectivity index (χ1v) is 8.20. The van der Waals surface area contributed by atoms with Crippen molar-refractivity contribution in [2.75, 3.05) is 18.9 Å². The molecule has 1 aromatic rings. The van der Waals surface area contributed by atoms with E-state index in [2.05, 4.69) is 18.3 Å². The molecule has 1 aliphatic rings. The number of thioether (sulfide) groups is 1. The Balaban J connectivity index is 1.77. The van der Waals surface area contributed by atoms with Crippen LogP contribution in [0, 0.1) is 12.3 Å². The van der Waals surface area contributed by atoms with Gasteiger partial charge in [0.1, 0.15) is 0 Å². The molecule has 0 radical (unpaired) electrons. The van der Waals surface area contributed by atoms with Crippen molar-refractivity contribution in [3.63, 3.8) is 0 Å². The molecule has 0 unspecified atom stereocenters. The molecule has 1 amide bonds. The molecule has 0 saturated heterocycles. The smallest absolute Gasteiger partial charge is 0.230 e. The maximum absolute atomic E-state index is 11.9. The third kappa shape index (κ3) is 4.00. The first-order valence-electron chi connectivity index (χ1n) is 7.21. The van der Waals surface area contributed by atoms with E-state index in [1.807, 2.05) is 18.2 Å². The number of rotatable bonds is 6. The van der Waals surface area contributed by atoms with Crippen LogP contribution in [0.3, 0.4) is 0 Å². The molecule has 20 heavy (non-hydrogen) atoms. The van der Waals surface area contributed by atoms with Gasteiger partial charge in [0.15, 0.2) is 0 Å². The maximum atomic E-state index is 11.9. The molecule has 0 aromatic heterocycles. The van der Waals surface area contributed by atoms with Crippen LogP contribution in [0.25, 0.3) is 0 Å². The summed E-state index contributed by atoms with van der Waals surface area (Å²) in [6, 6.07) is 8.09. The average Bonchev–Trinajstić information content (AvgIpc) is 2.94. The summed E-state index contributed by atoms with van der Waals surface area (Å²) >= 11 is 1.57. The lowest BCUT2D eigenvalue weighted by molar-refractivity contribution is -0.119. The van der Waals surface area contributed by atoms with Gasteiger partial charge in [-0.15, -0.1) is 11.8 Å². The molecule has 1 aliphatic carbocycles. The van der Waals surface area contributed by atoms with E-state index in [1.165, 1.54) is 5.56 Å². The Morgan fingerprint density at radius 2 is 2.05 bits per heavy atom. The summed E-state index contributed by atoms with van der Waals surface area (Å²) in [5.74, 6) is 0.491. The first-order chi connectivity index (χ1) is 9.65. The van der Waals surface area contributed by atoms with Gasteiger partial charge in [0.2, 0.25) is 5.91 Å². The number of carbonyl (C=O) groups excluding carboxylic acids is 1. The number of aliphatic hydroxyl groups excluding tert-OH is 1. The minimum atomic E-state index is -0.0665. The molecule has 1 saturated carbocycles. The molecular formula is C16H23NO2S. The Morgan fingerprint density at radius 3 is 2.70 bits per heavy atom. The summed E-state index contributed by atoms with van der Waals surface area (Å²) in [6.45, 7) is 2.84. The number of aliphatic hydroxyl groups is 1. The van der Waals surface area contributed by atoms with Crippen molar-refractivity contribution in [3.8, 4) is 0 Å². The van der Waals surface area contributed by atoms with Crippen molar-refractivity contribution in [3.05, 3.63) is 29.8 Å². The fourth-order valence-electron chi connectivity index (χ4n) is 2.71. The van der Waals surface area contributed by atoms with E-state index in [0.29, 0.717) is 12.3 Å². The van der Waals surface area contributed by atoms with E-state index in [9.17, 15) is 9.90 Å². The number of hydrogen-bond donors (Lipinski definition) is 2. The normalized spacial score (nSPS) is 17.1. The summed E-state index contributed by atoms with van der Waals surface area (Å²) in [5.41, 5.74) is 1.14. The predicted octanol–water partition coefficient (Wildman–Crippen LogP) is 2.76. The lowest BCUT2D eigenvalue weighted by atomic mass is 9.87. The van der Waals surface area contributed by atoms with E-state index in [1.54, 1.807) is 11.8 Å². The zero-order chi connectivity index (χ0) is 14.4. The number of carbonyl (C=O) groups is 1. The van der Waals surface area contributed by atoms with Crippen LogP contribution in [0.4, 0.5) is 0 Å². The molecule has 0 atom stereocenters. The van der Waals surface area contributed by atoms with Gasteiger partial charge in [0.05, 0.1) is 12.4 Å². The van der Waals surface area contributed by atoms with E-state index in [4.69, 9.17) is 0 Å². The van der Waals surface area contributed by atoms with E-state index in [0.717, 1.165) is 30.6 Å². The van der Waals surface area contributed by atoms with Crippen molar-refractivity contribution in [1.82, 2.24) is 5.32 Å². The molecule has 0 heterocycles. The molecule has 110 valence electrons. The zero-order valence-corrected chi connectivity index (χ0v) is 12.8. The molecule has 2 rings (SSSR count). The lowest BCUT2D eigenvalue weighted by Crippen LogP contribution is -2.39. The standard InChI is InChI=1S/C16H23NO2S/c1-13-6-2-3-7-14(13)20-10-15(19)17-11-16(12-18)8-4-5-9-16/h2-3,6-7,18H,4-5,8-12H2,1H3,(H,17,19). The SMILES string of the molecule is Cc1ccccc1SCC(=O)NCC1(CO)CCCC1. The first kappa shape index (κ1) is 15.4. The Kier molecular flexibility index (Phi) is 5.49. The summed E-state index contributed by atoms with van der Waals surface area (Å²) in [4.78, 5) is 13.1. The molecule has 0 spiro atoms. The Hall–Kier alpha value is -1.00. The van der Waals surface area contributed by atoms with E-state index in [-0.39, 0.29) is 17.9 Å². The van der Waals surface area contributed by atoms with Gasteiger partial charge in [-0.1, -0.05) is 31.0 Å². The van der Waals surface area contributed by atoms with Gasteiger partial charge in [0.25, 0.3) is 0 Å². The number of hydrogen-bond acceptors (Lipinski definition) is 3. The van der Waals surface area contributed by atoms with Gasteiger partial charge in [-0.3, -0.25) is 4.79 Å². The van der Waals surface area contributed by atoms with Crippen molar-refractivity contribution in [1.29, 1.82) is 0 Å². The largest absolute Gasteiger partial charge is 0.396 e. The van der Waals surface area contributed by atoms with Crippen LogP contribution in [0.5, 0.6) is 0 Å². The van der Waals surface area contributed by atoms with Gasteiger partial charge in [-0.2, -0.15) is 0 Å². The van der Waals surface area contributed by atoms with Crippen LogP contribution in [-0.4, -0.2) is 29.9 Å². The summed E-state index contributed by atoms with van der Waals surface area (Å²) in [5, 5.41) is 12.5. The van der Waals surface area contributed by atoms with Gasteiger partial charge in [0, 0.05) is 16.9 Å². The predicted molar refractivity (Wildman–Crippen MR) is 82.9 cm³/mol. The second kappa shape index (κ2) is 7.14. The molecule has 1 fully saturated rings. The zero-order valence-electron chi connectivity index (χ0n) is 12.0. The monoisotopic (exact) mass is 293 g/mol. The highest BCUT2D eigenvalue weighted by atomic mass is 32.2. The van der Waals surface area contributed by atoms with E-state index >= 15 is 0 Å². The van der Waals surface area contributed by atoms with Crippen LogP contribution >= 0.6 is 11.8 Å². The average molecular weight is 293 g/mol. The fourth-order valence-corrected chi connectivity index (χ4v) is 3.57. The second-order valence-corrected chi connectivity index (χ2v) is 6.71. The fraction of sp³-hybridized carbons (Fsp3) is 0.562. The van der Waals surface area contributed by atoms with Crippen molar-refractivity contribution in [2.24, 2.45) is 5.41 Å². The molecule has 3 nitrogen and oxygen atoms in total. The topological polar surface area (TPSA) is 49.3 Å². The van der Waals surface area contributed by atoms with Crippen LogP contribution in [-0.2, 0) is 4.79 Å². The molecule has 1 aromatic carbocycles. The number of nitrogens with one attached hydrogen (secondary N) is 1. The lowest BCUT2D eigenvalue weighted by Gasteiger charge is -2.26. The Bertz CT molecular complexity index is 456. The third-order valence-corrected chi connectivity index (χ3v) is 5.29. The van der Waals surface area contributed by atoms with Crippen LogP contribution < -0.4 is 5.32 Å². The van der Waals surface area contributed by atoms with Crippen LogP contribution in [0.15, 0.2) is 29.2 Å². The number of benzene rings is 1. The molecule has 0 aliphatic heterocycles. The quantitative estimate of drug-likeness (QED) is 0.793. The van der Waals surface area contributed by atoms with Crippen LogP contribution in [0.2, 0.25) is 0 Å². The van der Waals surface area contributed by atoms with Crippen LogP contribution in [0.1, 0.15) is 31.2 Å². The van der Waals surface area contributed by atoms with Crippen molar-refractivity contribution < 1.29 is 9.90 Å². The minimum Gasteiger partial charge on any atom is -0.396 e. The van der Waals surface area contributed by atoms with Gasteiger partial charge < -0.3 is 10.4 Å². The summed E-state index contributed by atoms with van der Waals surface area (Å²) < 4.78 is 0.